The van der Waals surface area contributed by atoms with Crippen LogP contribution in [0.25, 0.3) is 5.57 Å². The van der Waals surface area contributed by atoms with Gasteiger partial charge in [-0.15, -0.1) is 0 Å². The van der Waals surface area contributed by atoms with Crippen LogP contribution in [0.1, 0.15) is 47.7 Å². The molecule has 25 heavy (non-hydrogen) atoms. The van der Waals surface area contributed by atoms with E-state index in [4.69, 9.17) is 9.84 Å². The van der Waals surface area contributed by atoms with Crippen molar-refractivity contribution < 1.29 is 19.4 Å². The molecule has 4 heteroatoms. The Morgan fingerprint density at radius 1 is 1.04 bits per heavy atom. The van der Waals surface area contributed by atoms with Crippen molar-refractivity contribution in [1.82, 2.24) is 0 Å². The Hall–Kier alpha value is -2.88. The Kier molecular flexibility index (Phi) is 6.96. The Morgan fingerprint density at radius 3 is 2.48 bits per heavy atom. The minimum absolute atomic E-state index is 0.180. The topological polar surface area (TPSA) is 63.6 Å². The van der Waals surface area contributed by atoms with Gasteiger partial charge in [0.15, 0.2) is 0 Å². The highest BCUT2D eigenvalue weighted by Crippen LogP contribution is 2.18. The summed E-state index contributed by atoms with van der Waals surface area (Å²) in [6, 6.07) is 16.7. The van der Waals surface area contributed by atoms with Crippen LogP contribution in [0.5, 0.6) is 0 Å². The fourth-order valence-corrected chi connectivity index (χ4v) is 2.40. The van der Waals surface area contributed by atoms with Crippen LogP contribution in [0.4, 0.5) is 0 Å². The zero-order chi connectivity index (χ0) is 18.1. The predicted octanol–water partition coefficient (Wildman–Crippen LogP) is 4.70. The summed E-state index contributed by atoms with van der Waals surface area (Å²) in [4.78, 5) is 22.5. The third-order valence-corrected chi connectivity index (χ3v) is 3.81. The average molecular weight is 338 g/mol. The highest BCUT2D eigenvalue weighted by molar-refractivity contribution is 5.89. The first-order valence-electron chi connectivity index (χ1n) is 8.26. The molecule has 2 aromatic carbocycles. The van der Waals surface area contributed by atoms with Gasteiger partial charge < -0.3 is 9.84 Å². The molecule has 0 heterocycles. The van der Waals surface area contributed by atoms with Crippen molar-refractivity contribution in [1.29, 1.82) is 0 Å². The molecule has 0 atom stereocenters. The normalized spacial score (nSPS) is 11.2. The highest BCUT2D eigenvalue weighted by atomic mass is 16.5. The molecular formula is C21H22O4. The van der Waals surface area contributed by atoms with Crippen LogP contribution < -0.4 is 0 Å². The summed E-state index contributed by atoms with van der Waals surface area (Å²) >= 11 is 0. The fourth-order valence-electron chi connectivity index (χ4n) is 2.40. The third-order valence-electron chi connectivity index (χ3n) is 3.81. The number of carboxylic acids is 1. The lowest BCUT2D eigenvalue weighted by atomic mass is 10.0. The molecule has 0 unspecified atom stereocenters. The van der Waals surface area contributed by atoms with E-state index in [1.165, 1.54) is 0 Å². The van der Waals surface area contributed by atoms with Crippen molar-refractivity contribution in [2.24, 2.45) is 0 Å². The Balaban J connectivity index is 1.93. The molecule has 0 bridgehead atoms. The monoisotopic (exact) mass is 338 g/mol. The van der Waals surface area contributed by atoms with Gasteiger partial charge in [-0.2, -0.15) is 0 Å². The molecule has 0 fully saturated rings. The molecule has 0 aliphatic carbocycles. The highest BCUT2D eigenvalue weighted by Gasteiger charge is 2.07. The molecule has 0 aliphatic heterocycles. The Bertz CT molecular complexity index is 748. The number of rotatable bonds is 8. The zero-order valence-corrected chi connectivity index (χ0v) is 14.3. The SMILES string of the molecule is C/C(=C\CCCC(=O)O)c1cccc(COC(=O)c2ccccc2)c1. The van der Waals surface area contributed by atoms with E-state index in [0.717, 1.165) is 23.1 Å². The van der Waals surface area contributed by atoms with Crippen LogP contribution in [-0.2, 0) is 16.1 Å². The van der Waals surface area contributed by atoms with E-state index in [1.54, 1.807) is 24.3 Å². The van der Waals surface area contributed by atoms with Gasteiger partial charge in [-0.1, -0.05) is 42.5 Å². The van der Waals surface area contributed by atoms with Crippen LogP contribution in [0.3, 0.4) is 0 Å². The standard InChI is InChI=1S/C21H22O4/c1-16(8-5-6-13-20(22)23)19-12-7-9-17(14-19)15-25-21(24)18-10-3-2-4-11-18/h2-4,7-12,14H,5-6,13,15H2,1H3,(H,22,23)/b16-8+. The van der Waals surface area contributed by atoms with Crippen molar-refractivity contribution in [2.75, 3.05) is 0 Å². The van der Waals surface area contributed by atoms with Crippen LogP contribution in [-0.4, -0.2) is 17.0 Å². The average Bonchev–Trinajstić information content (AvgIpc) is 2.64. The lowest BCUT2D eigenvalue weighted by Gasteiger charge is -2.08. The number of ether oxygens (including phenoxy) is 1. The van der Waals surface area contributed by atoms with E-state index < -0.39 is 5.97 Å². The van der Waals surface area contributed by atoms with Gasteiger partial charge in [-0.05, 0) is 54.7 Å². The summed E-state index contributed by atoms with van der Waals surface area (Å²) in [5.41, 5.74) is 3.58. The lowest BCUT2D eigenvalue weighted by Crippen LogP contribution is -2.05. The first kappa shape index (κ1) is 18.5. The summed E-state index contributed by atoms with van der Waals surface area (Å²) in [5, 5.41) is 8.66. The largest absolute Gasteiger partial charge is 0.481 e. The summed E-state index contributed by atoms with van der Waals surface area (Å²) in [5.74, 6) is -1.11. The second-order valence-corrected chi connectivity index (χ2v) is 5.82. The first-order chi connectivity index (χ1) is 12.1. The van der Waals surface area contributed by atoms with Crippen molar-refractivity contribution in [2.45, 2.75) is 32.8 Å². The smallest absolute Gasteiger partial charge is 0.338 e. The lowest BCUT2D eigenvalue weighted by molar-refractivity contribution is -0.137. The van der Waals surface area contributed by atoms with E-state index in [1.807, 2.05) is 43.3 Å². The number of benzene rings is 2. The van der Waals surface area contributed by atoms with Crippen molar-refractivity contribution in [3.05, 3.63) is 77.4 Å². The van der Waals surface area contributed by atoms with Gasteiger partial charge in [0.1, 0.15) is 6.61 Å². The second kappa shape index (κ2) is 9.42. The van der Waals surface area contributed by atoms with Gasteiger partial charge in [0.05, 0.1) is 5.56 Å². The molecule has 1 N–H and O–H groups in total. The molecule has 0 saturated carbocycles. The number of aliphatic carboxylic acids is 1. The quantitative estimate of drug-likeness (QED) is 0.559. The second-order valence-electron chi connectivity index (χ2n) is 5.82. The summed E-state index contributed by atoms with van der Waals surface area (Å²) in [6.45, 7) is 2.21. The van der Waals surface area contributed by atoms with Gasteiger partial charge >= 0.3 is 11.9 Å². The summed E-state index contributed by atoms with van der Waals surface area (Å²) in [7, 11) is 0. The van der Waals surface area contributed by atoms with E-state index in [-0.39, 0.29) is 19.0 Å². The van der Waals surface area contributed by atoms with Crippen LogP contribution in [0, 0.1) is 0 Å². The van der Waals surface area contributed by atoms with E-state index in [9.17, 15) is 9.59 Å². The van der Waals surface area contributed by atoms with Crippen LogP contribution in [0.15, 0.2) is 60.7 Å². The number of carbonyl (C=O) groups excluding carboxylic acids is 1. The molecule has 130 valence electrons. The van der Waals surface area contributed by atoms with Crippen LogP contribution >= 0.6 is 0 Å². The van der Waals surface area contributed by atoms with E-state index in [0.29, 0.717) is 12.0 Å². The predicted molar refractivity (Wildman–Crippen MR) is 97.1 cm³/mol. The molecule has 0 amide bonds. The maximum Gasteiger partial charge on any atom is 0.338 e. The van der Waals surface area contributed by atoms with Gasteiger partial charge in [0.25, 0.3) is 0 Å². The molecule has 2 rings (SSSR count). The van der Waals surface area contributed by atoms with Gasteiger partial charge in [0, 0.05) is 6.42 Å². The van der Waals surface area contributed by atoms with E-state index >= 15 is 0 Å². The number of carboxylic acid groups (broad SMARTS) is 1. The minimum atomic E-state index is -0.770. The van der Waals surface area contributed by atoms with Gasteiger partial charge in [0.2, 0.25) is 0 Å². The van der Waals surface area contributed by atoms with Gasteiger partial charge in [-0.25, -0.2) is 4.79 Å². The van der Waals surface area contributed by atoms with E-state index in [2.05, 4.69) is 0 Å². The minimum Gasteiger partial charge on any atom is -0.481 e. The molecule has 0 radical (unpaired) electrons. The molecule has 2 aromatic rings. The number of hydrogen-bond donors (Lipinski definition) is 1. The number of carbonyl (C=O) groups is 2. The molecule has 0 aliphatic rings. The molecule has 0 spiro atoms. The maximum atomic E-state index is 12.0. The summed E-state index contributed by atoms with van der Waals surface area (Å²) in [6.07, 6.45) is 3.57. The number of hydrogen-bond acceptors (Lipinski definition) is 3. The molecule has 0 aromatic heterocycles. The van der Waals surface area contributed by atoms with Crippen molar-refractivity contribution in [3.63, 3.8) is 0 Å². The molecule has 0 saturated heterocycles. The Labute approximate surface area is 147 Å². The maximum absolute atomic E-state index is 12.0. The van der Waals surface area contributed by atoms with Gasteiger partial charge in [-0.3, -0.25) is 4.79 Å². The Morgan fingerprint density at radius 2 is 1.76 bits per heavy atom. The summed E-state index contributed by atoms with van der Waals surface area (Å²) < 4.78 is 5.35. The molecular weight excluding hydrogens is 316 g/mol. The molecule has 4 nitrogen and oxygen atoms in total. The number of allylic oxidation sites excluding steroid dienone is 2. The number of esters is 1. The third kappa shape index (κ3) is 6.26. The fraction of sp³-hybridized carbons (Fsp3) is 0.238. The van der Waals surface area contributed by atoms with Crippen molar-refractivity contribution >= 4 is 17.5 Å². The number of unbranched alkanes of at least 4 members (excludes halogenated alkanes) is 1. The van der Waals surface area contributed by atoms with Crippen LogP contribution in [0.2, 0.25) is 0 Å². The first-order valence-corrected chi connectivity index (χ1v) is 8.26. The van der Waals surface area contributed by atoms with Crippen molar-refractivity contribution in [3.8, 4) is 0 Å². The zero-order valence-electron chi connectivity index (χ0n) is 14.3.